The molecule has 204 valence electrons. The number of hydrogen-bond donors (Lipinski definition) is 2. The Bertz CT molecular complexity index is 1490. The summed E-state index contributed by atoms with van der Waals surface area (Å²) < 4.78 is 32.7. The summed E-state index contributed by atoms with van der Waals surface area (Å²) in [5, 5.41) is 20.4. The Labute approximate surface area is 228 Å². The predicted molar refractivity (Wildman–Crippen MR) is 139 cm³/mol. The van der Waals surface area contributed by atoms with Crippen molar-refractivity contribution in [2.24, 2.45) is 0 Å². The summed E-state index contributed by atoms with van der Waals surface area (Å²) in [5.41, 5.74) is 0.815. The first-order chi connectivity index (χ1) is 18.8. The number of nitro groups is 1. The van der Waals surface area contributed by atoms with E-state index in [9.17, 15) is 19.3 Å². The molecule has 2 aromatic heterocycles. The molecule has 2 N–H and O–H groups in total. The number of rotatable bonds is 13. The van der Waals surface area contributed by atoms with Crippen LogP contribution in [-0.2, 0) is 16.1 Å². The monoisotopic (exact) mass is 604 g/mol. The number of anilines is 2. The summed E-state index contributed by atoms with van der Waals surface area (Å²) in [7, 11) is 1.50. The van der Waals surface area contributed by atoms with Gasteiger partial charge in [-0.05, 0) is 29.2 Å². The van der Waals surface area contributed by atoms with Crippen LogP contribution in [0.25, 0.3) is 10.9 Å². The van der Waals surface area contributed by atoms with Crippen LogP contribution in [0.4, 0.5) is 21.8 Å². The molecule has 0 spiro atoms. The van der Waals surface area contributed by atoms with Gasteiger partial charge in [-0.1, -0.05) is 20.9 Å². The SMILES string of the molecule is COc1cc2c(Nc3ccc(Br)cc3F)ncnc2cc1OCCOCCNC(=O)Cn1cnc([N+](=O)[O-])n1. The molecule has 4 aromatic rings. The second-order valence-electron chi connectivity index (χ2n) is 7.80. The Hall–Kier alpha value is -4.44. The van der Waals surface area contributed by atoms with Gasteiger partial charge in [0.15, 0.2) is 11.5 Å². The van der Waals surface area contributed by atoms with Gasteiger partial charge in [-0.25, -0.2) is 14.4 Å². The highest BCUT2D eigenvalue weighted by atomic mass is 79.9. The van der Waals surface area contributed by atoms with Crippen molar-refractivity contribution in [2.45, 2.75) is 6.54 Å². The van der Waals surface area contributed by atoms with Crippen molar-refractivity contribution < 1.29 is 28.3 Å². The molecule has 0 bridgehead atoms. The van der Waals surface area contributed by atoms with E-state index >= 15 is 0 Å². The molecule has 0 saturated heterocycles. The summed E-state index contributed by atoms with van der Waals surface area (Å²) in [6.45, 7) is 0.659. The molecule has 0 aliphatic rings. The Morgan fingerprint density at radius 2 is 2.00 bits per heavy atom. The van der Waals surface area contributed by atoms with E-state index in [2.05, 4.69) is 46.6 Å². The highest BCUT2D eigenvalue weighted by Gasteiger charge is 2.15. The van der Waals surface area contributed by atoms with E-state index in [1.807, 2.05) is 0 Å². The lowest BCUT2D eigenvalue weighted by molar-refractivity contribution is -0.394. The van der Waals surface area contributed by atoms with Gasteiger partial charge in [0, 0.05) is 27.6 Å². The predicted octanol–water partition coefficient (Wildman–Crippen LogP) is 3.00. The van der Waals surface area contributed by atoms with Crippen molar-refractivity contribution in [3.8, 4) is 11.5 Å². The van der Waals surface area contributed by atoms with E-state index in [0.717, 1.165) is 11.0 Å². The zero-order valence-electron chi connectivity index (χ0n) is 20.5. The molecule has 0 aliphatic carbocycles. The van der Waals surface area contributed by atoms with Crippen LogP contribution in [-0.4, -0.2) is 69.0 Å². The zero-order valence-corrected chi connectivity index (χ0v) is 22.1. The normalized spacial score (nSPS) is 10.8. The maximum atomic E-state index is 14.3. The number of halogens is 2. The average molecular weight is 605 g/mol. The largest absolute Gasteiger partial charge is 0.493 e. The van der Waals surface area contributed by atoms with Gasteiger partial charge < -0.3 is 35.0 Å². The number of ether oxygens (including phenoxy) is 3. The Morgan fingerprint density at radius 3 is 2.74 bits per heavy atom. The third-order valence-corrected chi connectivity index (χ3v) is 5.65. The van der Waals surface area contributed by atoms with Gasteiger partial charge in [-0.15, -0.1) is 0 Å². The maximum Gasteiger partial charge on any atom is 0.490 e. The van der Waals surface area contributed by atoms with E-state index < -0.39 is 22.6 Å². The molecule has 4 rings (SSSR count). The molecule has 1 amide bonds. The number of aromatic nitrogens is 5. The lowest BCUT2D eigenvalue weighted by Gasteiger charge is -2.14. The first-order valence-electron chi connectivity index (χ1n) is 11.4. The van der Waals surface area contributed by atoms with Crippen molar-refractivity contribution in [1.29, 1.82) is 0 Å². The van der Waals surface area contributed by atoms with Gasteiger partial charge in [0.2, 0.25) is 12.2 Å². The van der Waals surface area contributed by atoms with Gasteiger partial charge >= 0.3 is 5.95 Å². The fourth-order valence-electron chi connectivity index (χ4n) is 3.38. The third-order valence-electron chi connectivity index (χ3n) is 5.15. The molecule has 2 aromatic carbocycles. The van der Waals surface area contributed by atoms with Gasteiger partial charge in [-0.2, -0.15) is 4.68 Å². The lowest BCUT2D eigenvalue weighted by Crippen LogP contribution is -2.31. The third kappa shape index (κ3) is 7.32. The second kappa shape index (κ2) is 12.9. The summed E-state index contributed by atoms with van der Waals surface area (Å²) >= 11 is 3.24. The van der Waals surface area contributed by atoms with Gasteiger partial charge in [0.1, 0.15) is 31.1 Å². The average Bonchev–Trinajstić information content (AvgIpc) is 3.38. The molecule has 0 fully saturated rings. The van der Waals surface area contributed by atoms with Crippen LogP contribution >= 0.6 is 15.9 Å². The van der Waals surface area contributed by atoms with E-state index in [0.29, 0.717) is 32.7 Å². The number of carbonyl (C=O) groups is 1. The summed E-state index contributed by atoms with van der Waals surface area (Å²) in [4.78, 5) is 33.7. The molecule has 0 aliphatic heterocycles. The molecule has 14 nitrogen and oxygen atoms in total. The van der Waals surface area contributed by atoms with E-state index in [4.69, 9.17) is 14.2 Å². The highest BCUT2D eigenvalue weighted by molar-refractivity contribution is 9.10. The molecule has 0 saturated carbocycles. The maximum absolute atomic E-state index is 14.3. The molecule has 39 heavy (non-hydrogen) atoms. The fourth-order valence-corrected chi connectivity index (χ4v) is 3.71. The van der Waals surface area contributed by atoms with Crippen LogP contribution < -0.4 is 20.1 Å². The van der Waals surface area contributed by atoms with Crippen molar-refractivity contribution in [3.63, 3.8) is 0 Å². The molecular formula is C23H22BrFN8O6. The minimum atomic E-state index is -0.742. The number of hydrogen-bond acceptors (Lipinski definition) is 11. The van der Waals surface area contributed by atoms with Crippen molar-refractivity contribution in [2.75, 3.05) is 38.8 Å². The lowest BCUT2D eigenvalue weighted by atomic mass is 10.2. The topological polar surface area (TPSA) is 168 Å². The van der Waals surface area contributed by atoms with Crippen molar-refractivity contribution in [3.05, 3.63) is 63.4 Å². The molecule has 16 heteroatoms. The van der Waals surface area contributed by atoms with Crippen LogP contribution in [0, 0.1) is 15.9 Å². The van der Waals surface area contributed by atoms with Crippen LogP contribution in [0.3, 0.4) is 0 Å². The number of carbonyl (C=O) groups excluding carboxylic acids is 1. The summed E-state index contributed by atoms with van der Waals surface area (Å²) in [5.74, 6) is -0.146. The van der Waals surface area contributed by atoms with Crippen LogP contribution in [0.5, 0.6) is 11.5 Å². The highest BCUT2D eigenvalue weighted by Crippen LogP contribution is 2.35. The minimum absolute atomic E-state index is 0.193. The van der Waals surface area contributed by atoms with Crippen LogP contribution in [0.15, 0.2) is 47.5 Å². The van der Waals surface area contributed by atoms with E-state index in [-0.39, 0.29) is 38.6 Å². The fraction of sp³-hybridized carbons (Fsp3) is 0.261. The second-order valence-corrected chi connectivity index (χ2v) is 8.72. The molecular weight excluding hydrogens is 583 g/mol. The molecule has 0 unspecified atom stereocenters. The Morgan fingerprint density at radius 1 is 1.15 bits per heavy atom. The van der Waals surface area contributed by atoms with Crippen molar-refractivity contribution >= 4 is 50.2 Å². The van der Waals surface area contributed by atoms with Gasteiger partial charge in [0.25, 0.3) is 0 Å². The number of methoxy groups -OCH3 is 1. The standard InChI is InChI=1S/C23H22BrFN8O6/c1-37-19-9-15-18(27-12-28-22(15)30-17-3-2-14(24)8-16(17)25)10-20(19)39-7-6-38-5-4-26-21(34)11-32-13-29-23(31-32)33(35)36/h2-3,8-10,12-13H,4-7,11H2,1H3,(H,26,34)(H,27,28,30). The summed E-state index contributed by atoms with van der Waals surface area (Å²) in [6, 6.07) is 8.05. The van der Waals surface area contributed by atoms with Gasteiger partial charge in [0.05, 0.1) is 31.5 Å². The number of amides is 1. The van der Waals surface area contributed by atoms with Crippen LogP contribution in [0.2, 0.25) is 0 Å². The minimum Gasteiger partial charge on any atom is -0.493 e. The number of nitrogens with zero attached hydrogens (tertiary/aromatic N) is 6. The number of fused-ring (bicyclic) bond motifs is 1. The van der Waals surface area contributed by atoms with Gasteiger partial charge in [-0.3, -0.25) is 4.79 Å². The number of benzene rings is 2. The molecule has 0 atom stereocenters. The van der Waals surface area contributed by atoms with Crippen LogP contribution in [0.1, 0.15) is 0 Å². The first-order valence-corrected chi connectivity index (χ1v) is 12.2. The van der Waals surface area contributed by atoms with E-state index in [1.165, 1.54) is 19.5 Å². The summed E-state index contributed by atoms with van der Waals surface area (Å²) in [6.07, 6.45) is 2.47. The van der Waals surface area contributed by atoms with Crippen molar-refractivity contribution in [1.82, 2.24) is 30.0 Å². The quantitative estimate of drug-likeness (QED) is 0.131. The zero-order chi connectivity index (χ0) is 27.8. The van der Waals surface area contributed by atoms with E-state index in [1.54, 1.807) is 24.3 Å². The molecule has 0 radical (unpaired) electrons. The Balaban J connectivity index is 1.26. The smallest absolute Gasteiger partial charge is 0.490 e. The number of nitrogens with one attached hydrogen (secondary N) is 2. The first kappa shape index (κ1) is 27.6. The Kier molecular flexibility index (Phi) is 9.11. The molecule has 2 heterocycles.